The van der Waals surface area contributed by atoms with Gasteiger partial charge < -0.3 is 9.94 Å². The van der Waals surface area contributed by atoms with Crippen LogP contribution in [0, 0.1) is 6.92 Å². The molecule has 0 aliphatic rings. The molecule has 0 saturated heterocycles. The van der Waals surface area contributed by atoms with Crippen LogP contribution in [0.3, 0.4) is 0 Å². The van der Waals surface area contributed by atoms with Crippen LogP contribution >= 0.6 is 0 Å². The van der Waals surface area contributed by atoms with Gasteiger partial charge in [0.05, 0.1) is 6.61 Å². The molecule has 0 bridgehead atoms. The molecule has 0 aliphatic carbocycles. The van der Waals surface area contributed by atoms with E-state index in [1.165, 1.54) is 0 Å². The van der Waals surface area contributed by atoms with E-state index in [0.29, 0.717) is 12.4 Å². The molecule has 3 nitrogen and oxygen atoms in total. The van der Waals surface area contributed by atoms with Crippen molar-refractivity contribution >= 4 is 0 Å². The zero-order chi connectivity index (χ0) is 8.97. The number of rotatable bonds is 3. The van der Waals surface area contributed by atoms with E-state index in [0.717, 1.165) is 17.5 Å². The van der Waals surface area contributed by atoms with Gasteiger partial charge in [0.25, 0.3) is 0 Å². The molecule has 0 spiro atoms. The molecule has 0 fully saturated rings. The molecule has 0 amide bonds. The van der Waals surface area contributed by atoms with Crippen molar-refractivity contribution in [3.05, 3.63) is 29.3 Å². The number of phenolic OH excluding ortho intramolecular Hbond substituents is 1. The van der Waals surface area contributed by atoms with E-state index in [2.05, 4.69) is 4.84 Å². The first-order chi connectivity index (χ1) is 5.74. The molecule has 3 heteroatoms. The predicted molar refractivity (Wildman–Crippen MR) is 46.7 cm³/mol. The Bertz CT molecular complexity index is 261. The molecular weight excluding hydrogens is 154 g/mol. The molecule has 0 aliphatic heterocycles. The van der Waals surface area contributed by atoms with Crippen molar-refractivity contribution in [1.82, 2.24) is 0 Å². The second kappa shape index (κ2) is 4.09. The first-order valence-electron chi connectivity index (χ1n) is 3.84. The second-order valence-corrected chi connectivity index (χ2v) is 2.74. The number of phenols is 1. The van der Waals surface area contributed by atoms with Gasteiger partial charge in [-0.1, -0.05) is 12.1 Å². The third-order valence-corrected chi connectivity index (χ3v) is 1.77. The van der Waals surface area contributed by atoms with E-state index < -0.39 is 0 Å². The lowest BCUT2D eigenvalue weighted by molar-refractivity contribution is 0.141. The normalized spacial score (nSPS) is 10.2. The zero-order valence-electron chi connectivity index (χ0n) is 7.08. The van der Waals surface area contributed by atoms with Crippen LogP contribution < -0.4 is 5.90 Å². The maximum atomic E-state index is 9.21. The number of hydrogen-bond donors (Lipinski definition) is 2. The van der Waals surface area contributed by atoms with E-state index in [-0.39, 0.29) is 0 Å². The van der Waals surface area contributed by atoms with Gasteiger partial charge in [0.1, 0.15) is 5.75 Å². The van der Waals surface area contributed by atoms with Crippen LogP contribution in [0.5, 0.6) is 5.75 Å². The Labute approximate surface area is 71.7 Å². The van der Waals surface area contributed by atoms with Gasteiger partial charge in [-0.15, -0.1) is 0 Å². The van der Waals surface area contributed by atoms with Crippen LogP contribution in [-0.4, -0.2) is 11.7 Å². The van der Waals surface area contributed by atoms with Crippen molar-refractivity contribution in [2.45, 2.75) is 13.3 Å². The molecule has 0 heterocycles. The van der Waals surface area contributed by atoms with Crippen LogP contribution in [-0.2, 0) is 11.3 Å². The highest BCUT2D eigenvalue weighted by atomic mass is 16.6. The Morgan fingerprint density at radius 3 is 2.83 bits per heavy atom. The average molecular weight is 167 g/mol. The molecule has 0 atom stereocenters. The Morgan fingerprint density at radius 1 is 1.50 bits per heavy atom. The minimum atomic E-state index is 0.326. The SMILES string of the molecule is Cc1cc(CCON)ccc1O. The second-order valence-electron chi connectivity index (χ2n) is 2.74. The number of aromatic hydroxyl groups is 1. The van der Waals surface area contributed by atoms with Gasteiger partial charge in [-0.3, -0.25) is 0 Å². The van der Waals surface area contributed by atoms with Gasteiger partial charge >= 0.3 is 0 Å². The average Bonchev–Trinajstić information content (AvgIpc) is 2.07. The molecule has 0 aromatic heterocycles. The summed E-state index contributed by atoms with van der Waals surface area (Å²) in [6.07, 6.45) is 0.775. The Balaban J connectivity index is 2.69. The van der Waals surface area contributed by atoms with Crippen LogP contribution in [0.15, 0.2) is 18.2 Å². The fourth-order valence-electron chi connectivity index (χ4n) is 1.05. The summed E-state index contributed by atoms with van der Waals surface area (Å²) in [5.74, 6) is 5.22. The third-order valence-electron chi connectivity index (χ3n) is 1.77. The Morgan fingerprint density at radius 2 is 2.25 bits per heavy atom. The van der Waals surface area contributed by atoms with Gasteiger partial charge in [-0.25, -0.2) is 5.90 Å². The fraction of sp³-hybridized carbons (Fsp3) is 0.333. The summed E-state index contributed by atoms with van der Waals surface area (Å²) in [6, 6.07) is 5.47. The largest absolute Gasteiger partial charge is 0.508 e. The van der Waals surface area contributed by atoms with Crippen LogP contribution in [0.2, 0.25) is 0 Å². The predicted octanol–water partition coefficient (Wildman–Crippen LogP) is 1.13. The Hall–Kier alpha value is -1.06. The number of aryl methyl sites for hydroxylation is 1. The first kappa shape index (κ1) is 9.03. The highest BCUT2D eigenvalue weighted by molar-refractivity contribution is 5.34. The molecule has 66 valence electrons. The monoisotopic (exact) mass is 167 g/mol. The van der Waals surface area contributed by atoms with Crippen molar-refractivity contribution in [3.8, 4) is 5.75 Å². The molecule has 0 unspecified atom stereocenters. The fourth-order valence-corrected chi connectivity index (χ4v) is 1.05. The van der Waals surface area contributed by atoms with Crippen molar-refractivity contribution in [2.24, 2.45) is 5.90 Å². The van der Waals surface area contributed by atoms with Gasteiger partial charge in [0, 0.05) is 0 Å². The van der Waals surface area contributed by atoms with E-state index >= 15 is 0 Å². The quantitative estimate of drug-likeness (QED) is 0.663. The standard InChI is InChI=1S/C9H13NO2/c1-7-6-8(4-5-12-10)2-3-9(7)11/h2-3,6,11H,4-5,10H2,1H3. The number of nitrogens with two attached hydrogens (primary N) is 1. The van der Waals surface area contributed by atoms with Crippen molar-refractivity contribution < 1.29 is 9.94 Å². The maximum Gasteiger partial charge on any atom is 0.118 e. The van der Waals surface area contributed by atoms with Crippen molar-refractivity contribution in [1.29, 1.82) is 0 Å². The molecule has 1 aromatic rings. The van der Waals surface area contributed by atoms with Crippen LogP contribution in [0.4, 0.5) is 0 Å². The van der Waals surface area contributed by atoms with Gasteiger partial charge in [-0.05, 0) is 30.5 Å². The van der Waals surface area contributed by atoms with E-state index in [1.807, 2.05) is 19.1 Å². The summed E-state index contributed by atoms with van der Waals surface area (Å²) in [5, 5.41) is 9.21. The molecule has 12 heavy (non-hydrogen) atoms. The van der Waals surface area contributed by atoms with E-state index in [1.54, 1.807) is 6.07 Å². The van der Waals surface area contributed by atoms with Gasteiger partial charge in [0.15, 0.2) is 0 Å². The van der Waals surface area contributed by atoms with Crippen LogP contribution in [0.1, 0.15) is 11.1 Å². The third kappa shape index (κ3) is 2.22. The lowest BCUT2D eigenvalue weighted by Crippen LogP contribution is -2.03. The minimum Gasteiger partial charge on any atom is -0.508 e. The smallest absolute Gasteiger partial charge is 0.118 e. The topological polar surface area (TPSA) is 55.5 Å². The number of benzene rings is 1. The molecule has 0 saturated carbocycles. The summed E-state index contributed by atoms with van der Waals surface area (Å²) in [5.41, 5.74) is 2.00. The molecule has 0 radical (unpaired) electrons. The van der Waals surface area contributed by atoms with Gasteiger partial charge in [-0.2, -0.15) is 0 Å². The van der Waals surface area contributed by atoms with E-state index in [4.69, 9.17) is 5.90 Å². The molecular formula is C9H13NO2. The number of hydrogen-bond acceptors (Lipinski definition) is 3. The summed E-state index contributed by atoms with van der Waals surface area (Å²) < 4.78 is 0. The molecule has 1 aromatic carbocycles. The summed E-state index contributed by atoms with van der Waals surface area (Å²) >= 11 is 0. The van der Waals surface area contributed by atoms with Crippen LogP contribution in [0.25, 0.3) is 0 Å². The lowest BCUT2D eigenvalue weighted by Gasteiger charge is -2.02. The lowest BCUT2D eigenvalue weighted by atomic mass is 10.1. The first-order valence-corrected chi connectivity index (χ1v) is 3.84. The summed E-state index contributed by atoms with van der Waals surface area (Å²) in [7, 11) is 0. The highest BCUT2D eigenvalue weighted by Crippen LogP contribution is 2.16. The highest BCUT2D eigenvalue weighted by Gasteiger charge is 1.97. The Kier molecular flexibility index (Phi) is 3.08. The molecule has 1 rings (SSSR count). The van der Waals surface area contributed by atoms with E-state index in [9.17, 15) is 5.11 Å². The zero-order valence-corrected chi connectivity index (χ0v) is 7.08. The van der Waals surface area contributed by atoms with Gasteiger partial charge in [0.2, 0.25) is 0 Å². The van der Waals surface area contributed by atoms with Crippen molar-refractivity contribution in [2.75, 3.05) is 6.61 Å². The summed E-state index contributed by atoms with van der Waals surface area (Å²) in [4.78, 5) is 4.45. The maximum absolute atomic E-state index is 9.21. The minimum absolute atomic E-state index is 0.326. The summed E-state index contributed by atoms with van der Waals surface area (Å²) in [6.45, 7) is 2.37. The molecule has 3 N–H and O–H groups in total. The van der Waals surface area contributed by atoms with Crippen molar-refractivity contribution in [3.63, 3.8) is 0 Å².